The molecule has 3 heteroatoms. The van der Waals surface area contributed by atoms with Gasteiger partial charge in [0.2, 0.25) is 0 Å². The van der Waals surface area contributed by atoms with Gasteiger partial charge in [-0.15, -0.1) is 0 Å². The summed E-state index contributed by atoms with van der Waals surface area (Å²) in [5.41, 5.74) is 4.04. The molecule has 2 N–H and O–H groups in total. The number of fused-ring (bicyclic) bond motifs is 2. The van der Waals surface area contributed by atoms with Crippen LogP contribution in [0.15, 0.2) is 54.7 Å². The van der Waals surface area contributed by atoms with E-state index in [1.165, 1.54) is 0 Å². The third-order valence-corrected chi connectivity index (χ3v) is 3.72. The quantitative estimate of drug-likeness (QED) is 0.683. The molecule has 3 aromatic rings. The van der Waals surface area contributed by atoms with Crippen LogP contribution in [0.25, 0.3) is 10.9 Å². The van der Waals surface area contributed by atoms with Crippen LogP contribution in [0.1, 0.15) is 27.5 Å². The third-order valence-electron chi connectivity index (χ3n) is 3.72. The first-order valence-electron chi connectivity index (χ1n) is 6.30. The molecule has 0 spiro atoms. The molecule has 1 atom stereocenters. The Labute approximate surface area is 110 Å². The lowest BCUT2D eigenvalue weighted by Crippen LogP contribution is -2.19. The van der Waals surface area contributed by atoms with Gasteiger partial charge in [0.15, 0.2) is 0 Å². The minimum absolute atomic E-state index is 0.00545. The van der Waals surface area contributed by atoms with E-state index in [0.717, 1.165) is 27.6 Å². The van der Waals surface area contributed by atoms with Crippen molar-refractivity contribution in [2.45, 2.75) is 6.04 Å². The molecule has 92 valence electrons. The van der Waals surface area contributed by atoms with E-state index in [1.807, 2.05) is 48.7 Å². The molecule has 0 unspecified atom stereocenters. The van der Waals surface area contributed by atoms with Gasteiger partial charge in [-0.25, -0.2) is 0 Å². The van der Waals surface area contributed by atoms with Crippen LogP contribution in [0.2, 0.25) is 0 Å². The predicted molar refractivity (Wildman–Crippen MR) is 74.0 cm³/mol. The predicted octanol–water partition coefficient (Wildman–Crippen LogP) is 3.00. The van der Waals surface area contributed by atoms with Crippen LogP contribution in [0.5, 0.6) is 0 Å². The van der Waals surface area contributed by atoms with Crippen molar-refractivity contribution in [3.05, 3.63) is 71.4 Å². The van der Waals surface area contributed by atoms with Crippen LogP contribution in [0, 0.1) is 0 Å². The summed E-state index contributed by atoms with van der Waals surface area (Å²) < 4.78 is 0. The van der Waals surface area contributed by atoms with E-state index in [1.54, 1.807) is 0 Å². The number of hydrogen-bond donors (Lipinski definition) is 2. The van der Waals surface area contributed by atoms with Crippen molar-refractivity contribution >= 4 is 16.8 Å². The molecule has 0 aliphatic carbocycles. The molecule has 3 nitrogen and oxygen atoms in total. The number of carbonyl (C=O) groups is 1. The average molecular weight is 248 g/mol. The second-order valence-corrected chi connectivity index (χ2v) is 4.78. The number of hydrogen-bond acceptors (Lipinski definition) is 1. The number of aromatic amines is 1. The molecular weight excluding hydrogens is 236 g/mol. The van der Waals surface area contributed by atoms with Gasteiger partial charge in [-0.2, -0.15) is 0 Å². The Morgan fingerprint density at radius 3 is 2.63 bits per heavy atom. The Bertz CT molecular complexity index is 788. The van der Waals surface area contributed by atoms with Crippen LogP contribution in [0.4, 0.5) is 0 Å². The Balaban J connectivity index is 1.93. The van der Waals surface area contributed by atoms with Gasteiger partial charge < -0.3 is 10.3 Å². The van der Waals surface area contributed by atoms with E-state index in [2.05, 4.69) is 16.4 Å². The van der Waals surface area contributed by atoms with Crippen molar-refractivity contribution in [3.8, 4) is 0 Å². The molecule has 1 amide bonds. The van der Waals surface area contributed by atoms with Crippen molar-refractivity contribution in [2.75, 3.05) is 0 Å². The summed E-state index contributed by atoms with van der Waals surface area (Å²) in [6.07, 6.45) is 1.98. The zero-order valence-electron chi connectivity index (χ0n) is 10.2. The highest BCUT2D eigenvalue weighted by atomic mass is 16.2. The Morgan fingerprint density at radius 1 is 0.895 bits per heavy atom. The number of rotatable bonds is 1. The highest BCUT2D eigenvalue weighted by Gasteiger charge is 2.30. The van der Waals surface area contributed by atoms with Crippen LogP contribution >= 0.6 is 0 Å². The zero-order chi connectivity index (χ0) is 12.8. The van der Waals surface area contributed by atoms with E-state index in [9.17, 15) is 4.79 Å². The minimum atomic E-state index is -0.0557. The van der Waals surface area contributed by atoms with Gasteiger partial charge >= 0.3 is 0 Å². The summed E-state index contributed by atoms with van der Waals surface area (Å²) in [5, 5.41) is 4.21. The van der Waals surface area contributed by atoms with Crippen molar-refractivity contribution in [1.29, 1.82) is 0 Å². The number of amides is 1. The largest absolute Gasteiger partial charge is 0.361 e. The first-order valence-corrected chi connectivity index (χ1v) is 6.30. The highest BCUT2D eigenvalue weighted by Crippen LogP contribution is 2.34. The van der Waals surface area contributed by atoms with Crippen molar-refractivity contribution < 1.29 is 4.79 Å². The van der Waals surface area contributed by atoms with Gasteiger partial charge in [0.1, 0.15) is 0 Å². The number of H-pyrrole nitrogens is 1. The van der Waals surface area contributed by atoms with Crippen LogP contribution in [0.3, 0.4) is 0 Å². The van der Waals surface area contributed by atoms with E-state index in [-0.39, 0.29) is 11.9 Å². The molecule has 2 heterocycles. The number of para-hydroxylation sites is 1. The monoisotopic (exact) mass is 248 g/mol. The Morgan fingerprint density at radius 2 is 1.68 bits per heavy atom. The van der Waals surface area contributed by atoms with E-state index in [4.69, 9.17) is 0 Å². The van der Waals surface area contributed by atoms with Gasteiger partial charge in [0, 0.05) is 28.2 Å². The molecule has 0 radical (unpaired) electrons. The Hall–Kier alpha value is -2.55. The molecular formula is C16H12N2O. The summed E-state index contributed by atoms with van der Waals surface area (Å²) in [5.74, 6) is 0.00545. The average Bonchev–Trinajstić information content (AvgIpc) is 3.01. The van der Waals surface area contributed by atoms with Gasteiger partial charge in [-0.1, -0.05) is 36.4 Å². The number of nitrogens with one attached hydrogen (secondary N) is 2. The maximum absolute atomic E-state index is 12.0. The smallest absolute Gasteiger partial charge is 0.252 e. The molecule has 0 bridgehead atoms. The van der Waals surface area contributed by atoms with E-state index < -0.39 is 0 Å². The van der Waals surface area contributed by atoms with Crippen LogP contribution in [-0.2, 0) is 0 Å². The fourth-order valence-electron chi connectivity index (χ4n) is 2.82. The molecule has 0 fully saturated rings. The fourth-order valence-corrected chi connectivity index (χ4v) is 2.82. The maximum Gasteiger partial charge on any atom is 0.252 e. The SMILES string of the molecule is O=C1N[C@H](c2c[nH]c3ccccc23)c2ccccc21. The molecule has 19 heavy (non-hydrogen) atoms. The molecule has 1 aromatic heterocycles. The number of aromatic nitrogens is 1. The number of carbonyl (C=O) groups excluding carboxylic acids is 1. The van der Waals surface area contributed by atoms with Gasteiger partial charge in [-0.3, -0.25) is 4.79 Å². The first-order chi connectivity index (χ1) is 9.34. The van der Waals surface area contributed by atoms with Crippen LogP contribution in [-0.4, -0.2) is 10.9 Å². The normalized spacial score (nSPS) is 17.5. The fraction of sp³-hybridized carbons (Fsp3) is 0.0625. The van der Waals surface area contributed by atoms with E-state index in [0.29, 0.717) is 0 Å². The van der Waals surface area contributed by atoms with Gasteiger partial charge in [0.25, 0.3) is 5.91 Å². The molecule has 1 aliphatic heterocycles. The summed E-state index contributed by atoms with van der Waals surface area (Å²) >= 11 is 0. The standard InChI is InChI=1S/C16H12N2O/c19-16-12-7-2-1-6-11(12)15(18-16)13-9-17-14-8-4-3-5-10(13)14/h1-9,15,17H,(H,18,19)/t15-/m0/s1. The molecule has 4 rings (SSSR count). The highest BCUT2D eigenvalue weighted by molar-refractivity contribution is 6.00. The molecule has 2 aromatic carbocycles. The second kappa shape index (κ2) is 3.72. The van der Waals surface area contributed by atoms with Gasteiger partial charge in [0.05, 0.1) is 6.04 Å². The number of benzene rings is 2. The minimum Gasteiger partial charge on any atom is -0.361 e. The summed E-state index contributed by atoms with van der Waals surface area (Å²) in [6.45, 7) is 0. The van der Waals surface area contributed by atoms with Crippen LogP contribution < -0.4 is 5.32 Å². The second-order valence-electron chi connectivity index (χ2n) is 4.78. The Kier molecular flexibility index (Phi) is 2.03. The zero-order valence-corrected chi connectivity index (χ0v) is 10.2. The van der Waals surface area contributed by atoms with Crippen molar-refractivity contribution in [3.63, 3.8) is 0 Å². The molecule has 0 saturated carbocycles. The summed E-state index contributed by atoms with van der Waals surface area (Å²) in [6, 6.07) is 15.8. The maximum atomic E-state index is 12.0. The summed E-state index contributed by atoms with van der Waals surface area (Å²) in [4.78, 5) is 15.2. The van der Waals surface area contributed by atoms with Gasteiger partial charge in [-0.05, 0) is 17.7 Å². The first kappa shape index (κ1) is 10.4. The van der Waals surface area contributed by atoms with Crippen molar-refractivity contribution in [1.82, 2.24) is 10.3 Å². The lowest BCUT2D eigenvalue weighted by atomic mass is 9.98. The lowest BCUT2D eigenvalue weighted by Gasteiger charge is -2.10. The lowest BCUT2D eigenvalue weighted by molar-refractivity contribution is 0.0960. The molecule has 0 saturated heterocycles. The van der Waals surface area contributed by atoms with Crippen molar-refractivity contribution in [2.24, 2.45) is 0 Å². The topological polar surface area (TPSA) is 44.9 Å². The third kappa shape index (κ3) is 1.41. The van der Waals surface area contributed by atoms with E-state index >= 15 is 0 Å². The summed E-state index contributed by atoms with van der Waals surface area (Å²) in [7, 11) is 0. The molecule has 1 aliphatic rings.